The first-order valence-electron chi connectivity index (χ1n) is 11.0. The zero-order valence-corrected chi connectivity index (χ0v) is 20.4. The quantitative estimate of drug-likeness (QED) is 0.159. The third-order valence-corrected chi connectivity index (χ3v) is 4.55. The highest BCUT2D eigenvalue weighted by Gasteiger charge is 2.22. The number of carbonyl (C=O) groups is 1. The molecule has 5 N–H and O–H groups in total. The predicted octanol–water partition coefficient (Wildman–Crippen LogP) is 3.81. The molecule has 0 bridgehead atoms. The van der Waals surface area contributed by atoms with Gasteiger partial charge in [0.2, 0.25) is 5.96 Å². The zero-order valence-electron chi connectivity index (χ0n) is 20.4. The van der Waals surface area contributed by atoms with E-state index in [1.165, 1.54) is 0 Å². The highest BCUT2D eigenvalue weighted by molar-refractivity contribution is 6.24. The van der Waals surface area contributed by atoms with Gasteiger partial charge < -0.3 is 26.0 Å². The summed E-state index contributed by atoms with van der Waals surface area (Å²) in [6, 6.07) is 13.8. The summed E-state index contributed by atoms with van der Waals surface area (Å²) in [5.74, 6) is -1.16. The van der Waals surface area contributed by atoms with Crippen LogP contribution in [0, 0.1) is 6.92 Å². The second-order valence-corrected chi connectivity index (χ2v) is 6.77. The summed E-state index contributed by atoms with van der Waals surface area (Å²) in [7, 11) is 1.58. The summed E-state index contributed by atoms with van der Waals surface area (Å²) in [5, 5.41) is 11.5. The molecule has 0 atom stereocenters. The van der Waals surface area contributed by atoms with Crippen molar-refractivity contribution in [3.63, 3.8) is 0 Å². The summed E-state index contributed by atoms with van der Waals surface area (Å²) >= 11 is 0. The molecule has 10 nitrogen and oxygen atoms in total. The first kappa shape index (κ1) is 26.8. The molecule has 0 fully saturated rings. The maximum atomic E-state index is 12.5. The van der Waals surface area contributed by atoms with E-state index < -0.39 is 11.7 Å². The Labute approximate surface area is 204 Å². The van der Waals surface area contributed by atoms with Crippen molar-refractivity contribution < 1.29 is 19.4 Å². The minimum Gasteiger partial charge on any atom is -0.506 e. The number of aliphatic hydroxyl groups excluding tert-OH is 1. The number of amidine groups is 1. The fourth-order valence-electron chi connectivity index (χ4n) is 3.00. The molecule has 10 heteroatoms. The van der Waals surface area contributed by atoms with Gasteiger partial charge in [-0.3, -0.25) is 0 Å². The molecule has 0 aliphatic rings. The summed E-state index contributed by atoms with van der Waals surface area (Å²) in [6.07, 6.45) is 0. The Hall–Kier alpha value is -4.47. The van der Waals surface area contributed by atoms with Crippen LogP contribution in [-0.2, 0) is 9.53 Å². The maximum absolute atomic E-state index is 12.5. The van der Waals surface area contributed by atoms with Gasteiger partial charge in [0.15, 0.2) is 0 Å². The van der Waals surface area contributed by atoms with E-state index in [4.69, 9.17) is 20.9 Å². The number of guanidine groups is 1. The van der Waals surface area contributed by atoms with Crippen molar-refractivity contribution in [3.8, 4) is 5.75 Å². The van der Waals surface area contributed by atoms with Crippen LogP contribution in [0.15, 0.2) is 64.1 Å². The van der Waals surface area contributed by atoms with E-state index in [1.54, 1.807) is 63.4 Å². The number of rotatable bonds is 6. The third kappa shape index (κ3) is 6.76. The number of methoxy groups -OCH3 is 1. The van der Waals surface area contributed by atoms with E-state index in [0.29, 0.717) is 22.5 Å². The Kier molecular flexibility index (Phi) is 9.71. The topological polar surface area (TPSA) is 158 Å². The summed E-state index contributed by atoms with van der Waals surface area (Å²) in [5.41, 5.74) is 13.3. The molecule has 0 saturated carbocycles. The zero-order chi connectivity index (χ0) is 26.0. The van der Waals surface area contributed by atoms with Crippen molar-refractivity contribution >= 4 is 40.4 Å². The van der Waals surface area contributed by atoms with Crippen molar-refractivity contribution in [1.82, 2.24) is 9.97 Å². The smallest absolute Gasteiger partial charge is 0.345 e. The number of aliphatic hydroxyl groups is 1. The number of aromatic nitrogens is 2. The number of hydrogen-bond acceptors (Lipinski definition) is 7. The van der Waals surface area contributed by atoms with Gasteiger partial charge >= 0.3 is 5.97 Å². The van der Waals surface area contributed by atoms with E-state index >= 15 is 0 Å². The third-order valence-electron chi connectivity index (χ3n) is 4.55. The molecule has 3 aromatic rings. The van der Waals surface area contributed by atoms with Crippen LogP contribution in [0.2, 0.25) is 0 Å². The lowest BCUT2D eigenvalue weighted by Crippen LogP contribution is -2.27. The lowest BCUT2D eigenvalue weighted by atomic mass is 10.1. The van der Waals surface area contributed by atoms with E-state index in [9.17, 15) is 9.90 Å². The first-order valence-corrected chi connectivity index (χ1v) is 11.0. The SMILES string of the molecule is CC.CCOC(=O)C(/C(N)=N\C(N)=N\c1nc(C)c2cc(OC)ccc2n1)=C(/O)c1ccccc1. The Morgan fingerprint density at radius 3 is 2.40 bits per heavy atom. The highest BCUT2D eigenvalue weighted by Crippen LogP contribution is 2.23. The van der Waals surface area contributed by atoms with Crippen molar-refractivity contribution in [3.05, 3.63) is 65.4 Å². The van der Waals surface area contributed by atoms with Gasteiger partial charge in [-0.2, -0.15) is 9.98 Å². The van der Waals surface area contributed by atoms with E-state index in [1.807, 2.05) is 19.9 Å². The van der Waals surface area contributed by atoms with Gasteiger partial charge in [-0.05, 0) is 32.0 Å². The Bertz CT molecular complexity index is 1270. The van der Waals surface area contributed by atoms with Gasteiger partial charge in [-0.15, -0.1) is 0 Å². The fraction of sp³-hybridized carbons (Fsp3) is 0.240. The molecule has 0 aliphatic heterocycles. The molecule has 1 aromatic heterocycles. The van der Waals surface area contributed by atoms with Gasteiger partial charge in [-0.1, -0.05) is 44.2 Å². The number of ether oxygens (including phenoxy) is 2. The van der Waals surface area contributed by atoms with Crippen LogP contribution in [-0.4, -0.2) is 46.6 Å². The van der Waals surface area contributed by atoms with Gasteiger partial charge in [0.25, 0.3) is 5.95 Å². The number of benzene rings is 2. The minimum atomic E-state index is -0.848. The van der Waals surface area contributed by atoms with Crippen LogP contribution in [0.4, 0.5) is 5.95 Å². The van der Waals surface area contributed by atoms with Gasteiger partial charge in [-0.25, -0.2) is 14.8 Å². The lowest BCUT2D eigenvalue weighted by molar-refractivity contribution is -0.137. The molecule has 0 unspecified atom stereocenters. The second-order valence-electron chi connectivity index (χ2n) is 6.77. The Balaban J connectivity index is 0.00000210. The predicted molar refractivity (Wildman–Crippen MR) is 138 cm³/mol. The largest absolute Gasteiger partial charge is 0.506 e. The molecule has 184 valence electrons. The molecular weight excluding hydrogens is 448 g/mol. The molecule has 0 radical (unpaired) electrons. The first-order chi connectivity index (χ1) is 16.8. The standard InChI is InChI=1S/C23H24N6O4.C2H6/c1-4-33-21(31)18(19(30)14-8-6-5-7-9-14)20(24)28-22(25)29-23-26-13(2)16-12-15(32-3)10-11-17(16)27-23;1-2/h5-12,30H,4H2,1-3H3,(H4,24,25,26,27,28,29);1-2H3/b19-18+;. The average molecular weight is 479 g/mol. The van der Waals surface area contributed by atoms with Crippen LogP contribution in [0.1, 0.15) is 32.0 Å². The summed E-state index contributed by atoms with van der Waals surface area (Å²) in [4.78, 5) is 29.2. The number of fused-ring (bicyclic) bond motifs is 1. The molecule has 0 aliphatic carbocycles. The molecule has 0 amide bonds. The van der Waals surface area contributed by atoms with E-state index in [2.05, 4.69) is 20.0 Å². The summed E-state index contributed by atoms with van der Waals surface area (Å²) < 4.78 is 10.2. The second kappa shape index (κ2) is 12.7. The van der Waals surface area contributed by atoms with Gasteiger partial charge in [0.1, 0.15) is 22.9 Å². The summed E-state index contributed by atoms with van der Waals surface area (Å²) in [6.45, 7) is 7.51. The molecule has 0 saturated heterocycles. The van der Waals surface area contributed by atoms with E-state index in [-0.39, 0.29) is 29.9 Å². The Morgan fingerprint density at radius 1 is 1.09 bits per heavy atom. The van der Waals surface area contributed by atoms with Crippen LogP contribution in [0.3, 0.4) is 0 Å². The number of aryl methyl sites for hydroxylation is 1. The van der Waals surface area contributed by atoms with E-state index in [0.717, 1.165) is 5.39 Å². The molecule has 1 heterocycles. The minimum absolute atomic E-state index is 0.0631. The number of esters is 1. The number of carbonyl (C=O) groups excluding carboxylic acids is 1. The fourth-order valence-corrected chi connectivity index (χ4v) is 3.00. The lowest BCUT2D eigenvalue weighted by Gasteiger charge is -2.10. The maximum Gasteiger partial charge on any atom is 0.345 e. The van der Waals surface area contributed by atoms with Crippen LogP contribution in [0.5, 0.6) is 5.75 Å². The van der Waals surface area contributed by atoms with Gasteiger partial charge in [0, 0.05) is 10.9 Å². The van der Waals surface area contributed by atoms with Crippen LogP contribution >= 0.6 is 0 Å². The van der Waals surface area contributed by atoms with Crippen molar-refractivity contribution in [2.24, 2.45) is 21.5 Å². The number of hydrogen-bond donors (Lipinski definition) is 3. The highest BCUT2D eigenvalue weighted by atomic mass is 16.5. The number of nitrogens with two attached hydrogens (primary N) is 2. The number of aliphatic imine (C=N–C) groups is 2. The van der Waals surface area contributed by atoms with Crippen molar-refractivity contribution in [2.75, 3.05) is 13.7 Å². The van der Waals surface area contributed by atoms with Crippen molar-refractivity contribution in [2.45, 2.75) is 27.7 Å². The normalized spacial score (nSPS) is 12.4. The van der Waals surface area contributed by atoms with Crippen LogP contribution in [0.25, 0.3) is 16.7 Å². The molecule has 3 rings (SSSR count). The Morgan fingerprint density at radius 2 is 1.77 bits per heavy atom. The average Bonchev–Trinajstić information content (AvgIpc) is 2.85. The molecule has 2 aromatic carbocycles. The number of nitrogens with zero attached hydrogens (tertiary/aromatic N) is 4. The van der Waals surface area contributed by atoms with Crippen molar-refractivity contribution in [1.29, 1.82) is 0 Å². The van der Waals surface area contributed by atoms with Gasteiger partial charge in [0.05, 0.1) is 24.9 Å². The monoisotopic (exact) mass is 478 g/mol. The van der Waals surface area contributed by atoms with Crippen LogP contribution < -0.4 is 16.2 Å². The molecular formula is C25H30N6O4. The molecule has 0 spiro atoms. The molecule has 35 heavy (non-hydrogen) atoms.